The molecule has 9 nitrogen and oxygen atoms in total. The second-order valence-electron chi connectivity index (χ2n) is 8.00. The summed E-state index contributed by atoms with van der Waals surface area (Å²) in [5.41, 5.74) is 6.58. The van der Waals surface area contributed by atoms with E-state index in [4.69, 9.17) is 5.73 Å². The second kappa shape index (κ2) is 9.51. The highest BCUT2D eigenvalue weighted by Crippen LogP contribution is 2.26. The molecule has 1 fully saturated rings. The molecule has 0 saturated carbocycles. The molecule has 1 aliphatic heterocycles. The molecule has 0 bridgehead atoms. The Kier molecular flexibility index (Phi) is 7.20. The van der Waals surface area contributed by atoms with Crippen LogP contribution in [-0.2, 0) is 21.9 Å². The molecule has 2 amide bonds. The monoisotopic (exact) mass is 467 g/mol. The Hall–Kier alpha value is -2.21. The maximum absolute atomic E-state index is 12.9. The Balaban J connectivity index is 1.58. The lowest BCUT2D eigenvalue weighted by Crippen LogP contribution is -2.44. The summed E-state index contributed by atoms with van der Waals surface area (Å²) in [4.78, 5) is 26.2. The van der Waals surface area contributed by atoms with Crippen molar-refractivity contribution in [3.05, 3.63) is 40.3 Å². The van der Waals surface area contributed by atoms with Crippen molar-refractivity contribution in [3.63, 3.8) is 0 Å². The molecule has 1 atom stereocenters. The molecule has 1 aliphatic rings. The molecule has 2 aromatic rings. The SMILES string of the molecule is CN(C)C(CNC(=O)C1CCN(S(=O)(=O)c2cc(C(N)=O)n(C)c2)CC1)c1ccsc1. The van der Waals surface area contributed by atoms with Crippen LogP contribution in [0.2, 0.25) is 0 Å². The maximum Gasteiger partial charge on any atom is 0.265 e. The lowest BCUT2D eigenvalue weighted by molar-refractivity contribution is -0.126. The molecule has 0 spiro atoms. The summed E-state index contributed by atoms with van der Waals surface area (Å²) in [7, 11) is 1.79. The average molecular weight is 468 g/mol. The molecule has 2 aromatic heterocycles. The number of rotatable bonds is 8. The first-order valence-corrected chi connectivity index (χ1v) is 12.4. The molecule has 1 saturated heterocycles. The van der Waals surface area contributed by atoms with E-state index in [-0.39, 0.29) is 41.5 Å². The highest BCUT2D eigenvalue weighted by molar-refractivity contribution is 7.89. The molecule has 1 unspecified atom stereocenters. The molecule has 0 aliphatic carbocycles. The quantitative estimate of drug-likeness (QED) is 0.601. The van der Waals surface area contributed by atoms with Crippen LogP contribution in [0.3, 0.4) is 0 Å². The fourth-order valence-corrected chi connectivity index (χ4v) is 6.08. The fraction of sp³-hybridized carbons (Fsp3) is 0.500. The van der Waals surface area contributed by atoms with Gasteiger partial charge in [-0.15, -0.1) is 0 Å². The van der Waals surface area contributed by atoms with Crippen molar-refractivity contribution in [2.24, 2.45) is 18.7 Å². The van der Waals surface area contributed by atoms with E-state index >= 15 is 0 Å². The van der Waals surface area contributed by atoms with E-state index in [9.17, 15) is 18.0 Å². The zero-order valence-corrected chi connectivity index (χ0v) is 19.6. The van der Waals surface area contributed by atoms with Gasteiger partial charge in [0, 0.05) is 38.8 Å². The number of piperidine rings is 1. The number of carbonyl (C=O) groups is 2. The van der Waals surface area contributed by atoms with Crippen LogP contribution in [-0.4, -0.2) is 67.7 Å². The number of amides is 2. The molecular formula is C20H29N5O4S2. The zero-order valence-electron chi connectivity index (χ0n) is 17.9. The minimum absolute atomic E-state index is 0.0382. The first-order valence-electron chi connectivity index (χ1n) is 10.0. The van der Waals surface area contributed by atoms with Gasteiger partial charge in [-0.25, -0.2) is 8.42 Å². The van der Waals surface area contributed by atoms with Crippen molar-refractivity contribution in [3.8, 4) is 0 Å². The van der Waals surface area contributed by atoms with Crippen molar-refractivity contribution in [2.75, 3.05) is 33.7 Å². The molecule has 3 heterocycles. The standard InChI is InChI=1S/C20H29N5O4S2/c1-23(2)18(15-6-9-30-13-15)11-22-20(27)14-4-7-25(8-5-14)31(28,29)16-10-17(19(21)26)24(3)12-16/h6,9-10,12-14,18H,4-5,7-8,11H2,1-3H3,(H2,21,26)(H,22,27). The van der Waals surface area contributed by atoms with E-state index in [1.165, 1.54) is 21.1 Å². The van der Waals surface area contributed by atoms with Gasteiger partial charge in [0.1, 0.15) is 10.6 Å². The van der Waals surface area contributed by atoms with Crippen molar-refractivity contribution in [1.82, 2.24) is 19.1 Å². The van der Waals surface area contributed by atoms with E-state index in [1.54, 1.807) is 18.4 Å². The van der Waals surface area contributed by atoms with Gasteiger partial charge < -0.3 is 20.5 Å². The minimum Gasteiger partial charge on any atom is -0.364 e. The molecular weight excluding hydrogens is 438 g/mol. The topological polar surface area (TPSA) is 118 Å². The summed E-state index contributed by atoms with van der Waals surface area (Å²) >= 11 is 1.62. The van der Waals surface area contributed by atoms with E-state index < -0.39 is 15.9 Å². The van der Waals surface area contributed by atoms with Crippen molar-refractivity contribution in [1.29, 1.82) is 0 Å². The summed E-state index contributed by atoms with van der Waals surface area (Å²) in [5, 5.41) is 7.13. The van der Waals surface area contributed by atoms with Crippen molar-refractivity contribution >= 4 is 33.2 Å². The van der Waals surface area contributed by atoms with Gasteiger partial charge in [0.25, 0.3) is 5.91 Å². The number of aromatic nitrogens is 1. The van der Waals surface area contributed by atoms with E-state index in [2.05, 4.69) is 21.7 Å². The molecule has 31 heavy (non-hydrogen) atoms. The summed E-state index contributed by atoms with van der Waals surface area (Å²) in [6.07, 6.45) is 2.29. The number of hydrogen-bond acceptors (Lipinski definition) is 6. The molecule has 170 valence electrons. The Morgan fingerprint density at radius 1 is 1.32 bits per heavy atom. The van der Waals surface area contributed by atoms with Gasteiger partial charge in [-0.1, -0.05) is 0 Å². The van der Waals surface area contributed by atoms with Gasteiger partial charge in [-0.2, -0.15) is 15.6 Å². The number of likely N-dealkylation sites (N-methyl/N-ethyl adjacent to an activating group) is 1. The number of aryl methyl sites for hydroxylation is 1. The predicted octanol–water partition coefficient (Wildman–Crippen LogP) is 1.01. The van der Waals surface area contributed by atoms with E-state index in [0.717, 1.165) is 5.56 Å². The first kappa shape index (κ1) is 23.5. The summed E-state index contributed by atoms with van der Waals surface area (Å²) in [6.45, 7) is 1.01. The lowest BCUT2D eigenvalue weighted by atomic mass is 9.97. The largest absolute Gasteiger partial charge is 0.364 e. The molecule has 0 radical (unpaired) electrons. The number of nitrogens with zero attached hydrogens (tertiary/aromatic N) is 3. The molecule has 3 rings (SSSR count). The zero-order chi connectivity index (χ0) is 22.8. The fourth-order valence-electron chi connectivity index (χ4n) is 3.83. The number of carbonyl (C=O) groups excluding carboxylic acids is 2. The number of nitrogens with one attached hydrogen (secondary N) is 1. The van der Waals surface area contributed by atoms with Crippen LogP contribution in [0.4, 0.5) is 0 Å². The second-order valence-corrected chi connectivity index (χ2v) is 10.7. The number of primary amides is 1. The third-order valence-electron chi connectivity index (χ3n) is 5.72. The highest BCUT2D eigenvalue weighted by Gasteiger charge is 2.33. The smallest absolute Gasteiger partial charge is 0.265 e. The maximum atomic E-state index is 12.9. The van der Waals surface area contributed by atoms with Crippen LogP contribution in [0.25, 0.3) is 0 Å². The highest BCUT2D eigenvalue weighted by atomic mass is 32.2. The normalized spacial score (nSPS) is 17.0. The van der Waals surface area contributed by atoms with Gasteiger partial charge in [0.05, 0.1) is 6.04 Å². The number of hydrogen-bond donors (Lipinski definition) is 2. The van der Waals surface area contributed by atoms with Crippen molar-refractivity contribution in [2.45, 2.75) is 23.8 Å². The molecule has 11 heteroatoms. The number of nitrogens with two attached hydrogens (primary N) is 1. The molecule has 0 aromatic carbocycles. The minimum atomic E-state index is -3.75. The Bertz CT molecular complexity index is 1020. The van der Waals surface area contributed by atoms with Crippen LogP contribution < -0.4 is 11.1 Å². The Labute approximate surface area is 186 Å². The number of sulfonamides is 1. The predicted molar refractivity (Wildman–Crippen MR) is 119 cm³/mol. The lowest BCUT2D eigenvalue weighted by Gasteiger charge is -2.31. The van der Waals surface area contributed by atoms with Crippen LogP contribution in [0, 0.1) is 5.92 Å². The van der Waals surface area contributed by atoms with Crippen LogP contribution >= 0.6 is 11.3 Å². The molecule has 3 N–H and O–H groups in total. The van der Waals surface area contributed by atoms with E-state index in [1.807, 2.05) is 19.5 Å². The Morgan fingerprint density at radius 3 is 2.52 bits per heavy atom. The first-order chi connectivity index (χ1) is 14.6. The van der Waals surface area contributed by atoms with Gasteiger partial charge in [0.2, 0.25) is 15.9 Å². The van der Waals surface area contributed by atoms with Crippen LogP contribution in [0.15, 0.2) is 34.0 Å². The Morgan fingerprint density at radius 2 is 2.00 bits per heavy atom. The van der Waals surface area contributed by atoms with Gasteiger partial charge in [0.15, 0.2) is 0 Å². The third-order valence-corrected chi connectivity index (χ3v) is 8.28. The van der Waals surface area contributed by atoms with E-state index in [0.29, 0.717) is 19.4 Å². The summed E-state index contributed by atoms with van der Waals surface area (Å²) in [6, 6.07) is 3.44. The summed E-state index contributed by atoms with van der Waals surface area (Å²) < 4.78 is 28.6. The number of thiophene rings is 1. The average Bonchev–Trinajstić information content (AvgIpc) is 3.38. The van der Waals surface area contributed by atoms with Gasteiger partial charge >= 0.3 is 0 Å². The van der Waals surface area contributed by atoms with Crippen molar-refractivity contribution < 1.29 is 18.0 Å². The summed E-state index contributed by atoms with van der Waals surface area (Å²) in [5.74, 6) is -0.957. The third kappa shape index (κ3) is 5.17. The van der Waals surface area contributed by atoms with Gasteiger partial charge in [-0.3, -0.25) is 9.59 Å². The van der Waals surface area contributed by atoms with Crippen LogP contribution in [0.5, 0.6) is 0 Å². The van der Waals surface area contributed by atoms with Crippen LogP contribution in [0.1, 0.15) is 34.9 Å². The van der Waals surface area contributed by atoms with Gasteiger partial charge in [-0.05, 0) is 55.4 Å².